The van der Waals surface area contributed by atoms with Gasteiger partial charge in [-0.15, -0.1) is 0 Å². The van der Waals surface area contributed by atoms with E-state index in [-0.39, 0.29) is 17.2 Å². The Hall–Kier alpha value is -8.76. The molecule has 3 heterocycles. The van der Waals surface area contributed by atoms with E-state index in [1.165, 1.54) is 0 Å². The molecule has 9 aromatic carbocycles. The van der Waals surface area contributed by atoms with Crippen LogP contribution in [0.4, 0.5) is 26.3 Å². The molecule has 70 heavy (non-hydrogen) atoms. The summed E-state index contributed by atoms with van der Waals surface area (Å²) >= 11 is 0. The number of hydrogen-bond donors (Lipinski definition) is 0. The van der Waals surface area contributed by atoms with Gasteiger partial charge in [-0.25, -0.2) is 9.97 Å². The van der Waals surface area contributed by atoms with E-state index in [1.807, 2.05) is 133 Å². The fourth-order valence-corrected chi connectivity index (χ4v) is 9.79. The Bertz CT molecular complexity index is 3840. The summed E-state index contributed by atoms with van der Waals surface area (Å²) in [4.78, 5) is 10.4. The standard InChI is InChI=1S/C60H36F6N4/c61-59(62,63)42-31-41(32-43(35-42)60(64,65)66)39-28-30-56-49(33-39)47-22-10-14-26-55(47)70(56)57-34-40(58-67-50(37-15-3-1-4-16-37)36-51(68-58)38-17-5-2-6-18-38)27-29-48(57)46-21-9-13-25-54(46)69-52-23-11-7-19-44(52)45-20-8-12-24-53(45)69/h1-36H. The zero-order chi connectivity index (χ0) is 47.7. The van der Waals surface area contributed by atoms with Gasteiger partial charge in [0.2, 0.25) is 0 Å². The number of rotatable bonds is 7. The summed E-state index contributed by atoms with van der Waals surface area (Å²) in [5.41, 5.74) is 8.22. The SMILES string of the molecule is FC(F)(F)c1cc(-c2ccc3c(c2)c2ccccc2n3-c2cc(-c3nc(-c4ccccc4)cc(-c4ccccc4)n3)ccc2-c2ccccc2-n2c3ccccc3c3ccccc32)cc(C(F)(F)F)c1. The minimum atomic E-state index is -5.00. The first-order valence-corrected chi connectivity index (χ1v) is 22.5. The van der Waals surface area contributed by atoms with Crippen molar-refractivity contribution in [2.24, 2.45) is 0 Å². The lowest BCUT2D eigenvalue weighted by Gasteiger charge is -2.20. The number of benzene rings is 9. The topological polar surface area (TPSA) is 35.6 Å². The van der Waals surface area contributed by atoms with Crippen molar-refractivity contribution in [3.8, 4) is 67.5 Å². The molecule has 0 unspecified atom stereocenters. The van der Waals surface area contributed by atoms with Crippen LogP contribution in [0.1, 0.15) is 11.1 Å². The molecule has 0 aliphatic heterocycles. The maximum absolute atomic E-state index is 14.1. The molecule has 0 radical (unpaired) electrons. The average molecular weight is 927 g/mol. The van der Waals surface area contributed by atoms with Gasteiger partial charge in [-0.1, -0.05) is 152 Å². The van der Waals surface area contributed by atoms with Crippen molar-refractivity contribution in [2.45, 2.75) is 12.4 Å². The monoisotopic (exact) mass is 926 g/mol. The first-order chi connectivity index (χ1) is 34.0. The summed E-state index contributed by atoms with van der Waals surface area (Å²) in [6.07, 6.45) is -10.0. The predicted octanol–water partition coefficient (Wildman–Crippen LogP) is 17.0. The first kappa shape index (κ1) is 42.6. The normalized spacial score (nSPS) is 12.1. The fourth-order valence-electron chi connectivity index (χ4n) is 9.79. The largest absolute Gasteiger partial charge is 0.416 e. The van der Waals surface area contributed by atoms with Gasteiger partial charge in [0.15, 0.2) is 5.82 Å². The number of hydrogen-bond acceptors (Lipinski definition) is 2. The molecule has 12 rings (SSSR count). The molecule has 0 saturated carbocycles. The number of para-hydroxylation sites is 4. The van der Waals surface area contributed by atoms with Crippen LogP contribution >= 0.6 is 0 Å². The molecule has 0 atom stereocenters. The average Bonchev–Trinajstić information content (AvgIpc) is 3.91. The van der Waals surface area contributed by atoms with Crippen molar-refractivity contribution >= 4 is 43.6 Å². The van der Waals surface area contributed by atoms with E-state index in [9.17, 15) is 26.3 Å². The lowest BCUT2D eigenvalue weighted by molar-refractivity contribution is -0.143. The highest BCUT2D eigenvalue weighted by Crippen LogP contribution is 2.44. The van der Waals surface area contributed by atoms with Crippen LogP contribution in [0.5, 0.6) is 0 Å². The summed E-state index contributed by atoms with van der Waals surface area (Å²) < 4.78 is 89.3. The number of alkyl halides is 6. The van der Waals surface area contributed by atoms with Crippen LogP contribution in [0.15, 0.2) is 218 Å². The molecular formula is C60H36F6N4. The highest BCUT2D eigenvalue weighted by atomic mass is 19.4. The van der Waals surface area contributed by atoms with Crippen LogP contribution < -0.4 is 0 Å². The summed E-state index contributed by atoms with van der Waals surface area (Å²) in [5, 5.41) is 3.60. The summed E-state index contributed by atoms with van der Waals surface area (Å²) in [7, 11) is 0. The van der Waals surface area contributed by atoms with Crippen molar-refractivity contribution in [3.05, 3.63) is 230 Å². The second-order valence-corrected chi connectivity index (χ2v) is 17.2. The van der Waals surface area contributed by atoms with E-state index in [0.29, 0.717) is 22.3 Å². The molecule has 0 saturated heterocycles. The zero-order valence-corrected chi connectivity index (χ0v) is 36.8. The Kier molecular flexibility index (Phi) is 10.0. The van der Waals surface area contributed by atoms with Crippen LogP contribution in [0.2, 0.25) is 0 Å². The molecule has 0 amide bonds. The van der Waals surface area contributed by atoms with E-state index in [1.54, 1.807) is 18.2 Å². The van der Waals surface area contributed by atoms with E-state index < -0.39 is 23.5 Å². The molecule has 0 aliphatic rings. The van der Waals surface area contributed by atoms with Gasteiger partial charge in [-0.3, -0.25) is 0 Å². The van der Waals surface area contributed by atoms with Crippen molar-refractivity contribution < 1.29 is 26.3 Å². The van der Waals surface area contributed by atoms with Crippen LogP contribution in [-0.4, -0.2) is 19.1 Å². The second-order valence-electron chi connectivity index (χ2n) is 17.2. The minimum absolute atomic E-state index is 0.154. The van der Waals surface area contributed by atoms with Gasteiger partial charge in [0, 0.05) is 49.4 Å². The molecule has 0 N–H and O–H groups in total. The van der Waals surface area contributed by atoms with Gasteiger partial charge in [-0.2, -0.15) is 26.3 Å². The Balaban J connectivity index is 1.14. The Morgan fingerprint density at radius 3 is 1.30 bits per heavy atom. The van der Waals surface area contributed by atoms with Crippen LogP contribution in [0.3, 0.4) is 0 Å². The van der Waals surface area contributed by atoms with Crippen LogP contribution in [0, 0.1) is 0 Å². The third kappa shape index (κ3) is 7.36. The summed E-state index contributed by atoms with van der Waals surface area (Å²) in [6.45, 7) is 0. The number of halogens is 6. The maximum Gasteiger partial charge on any atom is 0.416 e. The third-order valence-electron chi connectivity index (χ3n) is 13.0. The summed E-state index contributed by atoms with van der Waals surface area (Å²) in [5.74, 6) is 0.483. The first-order valence-electron chi connectivity index (χ1n) is 22.5. The van der Waals surface area contributed by atoms with Crippen LogP contribution in [0.25, 0.3) is 111 Å². The third-order valence-corrected chi connectivity index (χ3v) is 13.0. The highest BCUT2D eigenvalue weighted by molar-refractivity contribution is 6.12. The van der Waals surface area contributed by atoms with Gasteiger partial charge < -0.3 is 9.13 Å². The van der Waals surface area contributed by atoms with Gasteiger partial charge in [0.05, 0.1) is 56.0 Å². The molecule has 4 nitrogen and oxygen atoms in total. The van der Waals surface area contributed by atoms with Crippen LogP contribution in [-0.2, 0) is 12.4 Å². The molecule has 0 spiro atoms. The van der Waals surface area contributed by atoms with Gasteiger partial charge in [-0.05, 0) is 77.9 Å². The predicted molar refractivity (Wildman–Crippen MR) is 268 cm³/mol. The quantitative estimate of drug-likeness (QED) is 0.149. The van der Waals surface area contributed by atoms with Crippen molar-refractivity contribution in [1.29, 1.82) is 0 Å². The summed E-state index contributed by atoms with van der Waals surface area (Å²) in [6, 6.07) is 67.2. The molecular weight excluding hydrogens is 891 g/mol. The van der Waals surface area contributed by atoms with E-state index in [4.69, 9.17) is 9.97 Å². The van der Waals surface area contributed by atoms with Gasteiger partial charge in [0.1, 0.15) is 0 Å². The Morgan fingerprint density at radius 1 is 0.300 bits per heavy atom. The van der Waals surface area contributed by atoms with E-state index in [0.717, 1.165) is 89.9 Å². The number of nitrogens with zero attached hydrogens (tertiary/aromatic N) is 4. The number of aromatic nitrogens is 4. The molecule has 0 aliphatic carbocycles. The molecule has 3 aromatic heterocycles. The zero-order valence-electron chi connectivity index (χ0n) is 36.8. The lowest BCUT2D eigenvalue weighted by Crippen LogP contribution is -2.11. The molecule has 0 fully saturated rings. The highest BCUT2D eigenvalue weighted by Gasteiger charge is 2.37. The lowest BCUT2D eigenvalue weighted by atomic mass is 9.97. The molecule has 12 aromatic rings. The smallest absolute Gasteiger partial charge is 0.309 e. The fraction of sp³-hybridized carbons (Fsp3) is 0.0333. The minimum Gasteiger partial charge on any atom is -0.309 e. The van der Waals surface area contributed by atoms with E-state index in [2.05, 4.69) is 57.7 Å². The Morgan fingerprint density at radius 2 is 0.743 bits per heavy atom. The maximum atomic E-state index is 14.1. The second kappa shape index (κ2) is 16.5. The van der Waals surface area contributed by atoms with Gasteiger partial charge >= 0.3 is 12.4 Å². The van der Waals surface area contributed by atoms with Gasteiger partial charge in [0.25, 0.3) is 0 Å². The molecule has 10 heteroatoms. The number of fused-ring (bicyclic) bond motifs is 6. The van der Waals surface area contributed by atoms with E-state index >= 15 is 0 Å². The molecule has 0 bridgehead atoms. The van der Waals surface area contributed by atoms with Crippen molar-refractivity contribution in [2.75, 3.05) is 0 Å². The van der Waals surface area contributed by atoms with Crippen molar-refractivity contribution in [1.82, 2.24) is 19.1 Å². The molecule has 338 valence electrons. The Labute approximate surface area is 397 Å². The van der Waals surface area contributed by atoms with Crippen molar-refractivity contribution in [3.63, 3.8) is 0 Å².